The van der Waals surface area contributed by atoms with Crippen molar-refractivity contribution in [3.8, 4) is 11.5 Å². The second-order valence-electron chi connectivity index (χ2n) is 8.79. The van der Waals surface area contributed by atoms with Gasteiger partial charge in [-0.15, -0.1) is 0 Å². The molecule has 0 bridgehead atoms. The van der Waals surface area contributed by atoms with E-state index < -0.39 is 17.7 Å². The van der Waals surface area contributed by atoms with Crippen molar-refractivity contribution >= 4 is 17.4 Å². The lowest BCUT2D eigenvalue weighted by Gasteiger charge is -2.26. The summed E-state index contributed by atoms with van der Waals surface area (Å²) >= 11 is 0. The van der Waals surface area contributed by atoms with Crippen LogP contribution in [0.25, 0.3) is 5.76 Å². The number of carbonyl (C=O) groups is 2. The van der Waals surface area contributed by atoms with E-state index in [9.17, 15) is 14.7 Å². The number of benzene rings is 2. The first kappa shape index (κ1) is 26.0. The molecule has 0 aromatic heterocycles. The summed E-state index contributed by atoms with van der Waals surface area (Å²) < 4.78 is 11.3. The maximum absolute atomic E-state index is 13.2. The zero-order chi connectivity index (χ0) is 25.5. The number of hydrogen-bond donors (Lipinski definition) is 1. The standard InChI is InChI=1S/C28H34N2O5/c1-6-16-34-21-10-8-20(9-11-21)25-24(27(32)28(33)30(25)15-14-29(4)5)26(31)23-13-12-22(18-19(23)3)35-17-7-2/h6,8-13,18,25,31H,1,7,14-17H2,2-5H3/t25-/m0/s1. The molecular weight excluding hydrogens is 444 g/mol. The summed E-state index contributed by atoms with van der Waals surface area (Å²) in [5.41, 5.74) is 2.05. The number of aliphatic hydroxyl groups is 1. The number of rotatable bonds is 11. The predicted molar refractivity (Wildman–Crippen MR) is 137 cm³/mol. The summed E-state index contributed by atoms with van der Waals surface area (Å²) in [6, 6.07) is 11.8. The largest absolute Gasteiger partial charge is 0.507 e. The molecule has 0 saturated carbocycles. The highest BCUT2D eigenvalue weighted by Gasteiger charge is 2.46. The van der Waals surface area contributed by atoms with Crippen LogP contribution in [-0.2, 0) is 9.59 Å². The van der Waals surface area contributed by atoms with Crippen LogP contribution in [0.2, 0.25) is 0 Å². The molecule has 7 heteroatoms. The number of nitrogens with zero attached hydrogens (tertiary/aromatic N) is 2. The SMILES string of the molecule is C=CCOc1ccc([C@H]2C(=C(O)c3ccc(OCCC)cc3C)C(=O)C(=O)N2CCN(C)C)cc1. The number of ketones is 1. The van der Waals surface area contributed by atoms with Crippen LogP contribution in [0.5, 0.6) is 11.5 Å². The molecule has 35 heavy (non-hydrogen) atoms. The smallest absolute Gasteiger partial charge is 0.295 e. The van der Waals surface area contributed by atoms with Gasteiger partial charge in [0.25, 0.3) is 11.7 Å². The first-order valence-electron chi connectivity index (χ1n) is 11.8. The fourth-order valence-electron chi connectivity index (χ4n) is 4.02. The molecule has 0 spiro atoms. The highest BCUT2D eigenvalue weighted by atomic mass is 16.5. The molecule has 0 aliphatic carbocycles. The van der Waals surface area contributed by atoms with Crippen LogP contribution in [0.3, 0.4) is 0 Å². The van der Waals surface area contributed by atoms with E-state index in [2.05, 4.69) is 6.58 Å². The molecule has 2 aromatic carbocycles. The number of amides is 1. The Kier molecular flexibility index (Phi) is 8.71. The Morgan fingerprint density at radius 1 is 1.11 bits per heavy atom. The Labute approximate surface area is 207 Å². The van der Waals surface area contributed by atoms with E-state index in [0.717, 1.165) is 17.5 Å². The first-order chi connectivity index (χ1) is 16.8. The summed E-state index contributed by atoms with van der Waals surface area (Å²) in [5, 5.41) is 11.3. The van der Waals surface area contributed by atoms with Crippen LogP contribution < -0.4 is 9.47 Å². The van der Waals surface area contributed by atoms with Crippen molar-refractivity contribution < 1.29 is 24.2 Å². The van der Waals surface area contributed by atoms with Crippen LogP contribution >= 0.6 is 0 Å². The van der Waals surface area contributed by atoms with Crippen molar-refractivity contribution in [2.75, 3.05) is 40.4 Å². The summed E-state index contributed by atoms with van der Waals surface area (Å²) in [6.07, 6.45) is 2.54. The van der Waals surface area contributed by atoms with Gasteiger partial charge in [-0.3, -0.25) is 9.59 Å². The van der Waals surface area contributed by atoms with E-state index >= 15 is 0 Å². The molecule has 1 heterocycles. The Morgan fingerprint density at radius 2 is 1.80 bits per heavy atom. The molecule has 1 atom stereocenters. The van der Waals surface area contributed by atoms with Crippen LogP contribution in [0.1, 0.15) is 36.1 Å². The average Bonchev–Trinajstić information content (AvgIpc) is 3.09. The number of likely N-dealkylation sites (tertiary alicyclic amines) is 1. The lowest BCUT2D eigenvalue weighted by Crippen LogP contribution is -2.35. The van der Waals surface area contributed by atoms with Gasteiger partial charge in [0, 0.05) is 18.7 Å². The Morgan fingerprint density at radius 3 is 2.40 bits per heavy atom. The predicted octanol–water partition coefficient (Wildman–Crippen LogP) is 4.33. The van der Waals surface area contributed by atoms with E-state index in [-0.39, 0.29) is 11.3 Å². The number of likely N-dealkylation sites (N-methyl/N-ethyl adjacent to an activating group) is 1. The molecular formula is C28H34N2O5. The van der Waals surface area contributed by atoms with Gasteiger partial charge >= 0.3 is 0 Å². The summed E-state index contributed by atoms with van der Waals surface area (Å²) in [4.78, 5) is 29.7. The van der Waals surface area contributed by atoms with Crippen LogP contribution in [0.15, 0.2) is 60.7 Å². The number of aliphatic hydroxyl groups excluding tert-OH is 1. The van der Waals surface area contributed by atoms with Gasteiger partial charge in [0.05, 0.1) is 18.2 Å². The Bertz CT molecular complexity index is 1100. The number of aryl methyl sites for hydroxylation is 1. The van der Waals surface area contributed by atoms with Crippen molar-refractivity contribution in [3.05, 3.63) is 77.4 Å². The first-order valence-corrected chi connectivity index (χ1v) is 11.8. The van der Waals surface area contributed by atoms with Crippen LogP contribution in [-0.4, -0.2) is 67.0 Å². The van der Waals surface area contributed by atoms with Gasteiger partial charge in [-0.2, -0.15) is 0 Å². The van der Waals surface area contributed by atoms with Gasteiger partial charge in [-0.05, 0) is 68.9 Å². The minimum atomic E-state index is -0.709. The monoisotopic (exact) mass is 478 g/mol. The Hall–Kier alpha value is -3.58. The maximum atomic E-state index is 13.2. The quantitative estimate of drug-likeness (QED) is 0.224. The third-order valence-electron chi connectivity index (χ3n) is 5.82. The summed E-state index contributed by atoms with van der Waals surface area (Å²) in [6.45, 7) is 9.41. The van der Waals surface area contributed by atoms with Crippen LogP contribution in [0.4, 0.5) is 0 Å². The fourth-order valence-corrected chi connectivity index (χ4v) is 4.02. The molecule has 3 rings (SSSR count). The van der Waals surface area contributed by atoms with Crippen LogP contribution in [0, 0.1) is 6.92 Å². The van der Waals surface area contributed by atoms with Crippen molar-refractivity contribution in [2.45, 2.75) is 26.3 Å². The zero-order valence-corrected chi connectivity index (χ0v) is 20.9. The Balaban J connectivity index is 2.07. The third-order valence-corrected chi connectivity index (χ3v) is 5.82. The van der Waals surface area contributed by atoms with Gasteiger partial charge in [0.1, 0.15) is 23.9 Å². The molecule has 1 N–H and O–H groups in total. The van der Waals surface area contributed by atoms with Gasteiger partial charge in [-0.25, -0.2) is 0 Å². The van der Waals surface area contributed by atoms with Gasteiger partial charge in [0.15, 0.2) is 0 Å². The van der Waals surface area contributed by atoms with Crippen molar-refractivity contribution in [1.82, 2.24) is 9.80 Å². The molecule has 1 amide bonds. The lowest BCUT2D eigenvalue weighted by atomic mass is 9.94. The molecule has 1 saturated heterocycles. The van der Waals surface area contributed by atoms with E-state index in [0.29, 0.717) is 43.4 Å². The lowest BCUT2D eigenvalue weighted by molar-refractivity contribution is -0.140. The van der Waals surface area contributed by atoms with E-state index in [1.807, 2.05) is 51.0 Å². The molecule has 1 aliphatic rings. The van der Waals surface area contributed by atoms with E-state index in [1.54, 1.807) is 30.3 Å². The minimum absolute atomic E-state index is 0.0823. The maximum Gasteiger partial charge on any atom is 0.295 e. The molecule has 2 aromatic rings. The van der Waals surface area contributed by atoms with Crippen molar-refractivity contribution in [2.24, 2.45) is 0 Å². The zero-order valence-electron chi connectivity index (χ0n) is 20.9. The molecule has 7 nitrogen and oxygen atoms in total. The van der Waals surface area contributed by atoms with Gasteiger partial charge in [0.2, 0.25) is 0 Å². The highest BCUT2D eigenvalue weighted by molar-refractivity contribution is 6.46. The molecule has 0 unspecified atom stereocenters. The minimum Gasteiger partial charge on any atom is -0.507 e. The topological polar surface area (TPSA) is 79.3 Å². The summed E-state index contributed by atoms with van der Waals surface area (Å²) in [5.74, 6) is -0.154. The average molecular weight is 479 g/mol. The van der Waals surface area contributed by atoms with Gasteiger partial charge in [-0.1, -0.05) is 31.7 Å². The fraction of sp³-hybridized carbons (Fsp3) is 0.357. The second-order valence-corrected chi connectivity index (χ2v) is 8.79. The van der Waals surface area contributed by atoms with E-state index in [1.165, 1.54) is 4.90 Å². The highest BCUT2D eigenvalue weighted by Crippen LogP contribution is 2.40. The molecule has 0 radical (unpaired) electrons. The van der Waals surface area contributed by atoms with Crippen molar-refractivity contribution in [1.29, 1.82) is 0 Å². The summed E-state index contributed by atoms with van der Waals surface area (Å²) in [7, 11) is 3.81. The number of carbonyl (C=O) groups excluding carboxylic acids is 2. The molecule has 1 fully saturated rings. The normalized spacial score (nSPS) is 17.2. The van der Waals surface area contributed by atoms with E-state index in [4.69, 9.17) is 9.47 Å². The third kappa shape index (κ3) is 5.92. The van der Waals surface area contributed by atoms with Crippen molar-refractivity contribution in [3.63, 3.8) is 0 Å². The molecule has 186 valence electrons. The number of hydrogen-bond acceptors (Lipinski definition) is 6. The number of ether oxygens (including phenoxy) is 2. The number of Topliss-reactive ketones (excluding diaryl/α,β-unsaturated/α-hetero) is 1. The van der Waals surface area contributed by atoms with Gasteiger partial charge < -0.3 is 24.4 Å². The molecule has 1 aliphatic heterocycles. The second kappa shape index (κ2) is 11.7.